The normalized spacial score (nSPS) is 44.1. The summed E-state index contributed by atoms with van der Waals surface area (Å²) in [6, 6.07) is 2.68. The lowest BCUT2D eigenvalue weighted by molar-refractivity contribution is -0.0428. The van der Waals surface area contributed by atoms with E-state index in [1.165, 1.54) is 38.8 Å². The van der Waals surface area contributed by atoms with Gasteiger partial charge >= 0.3 is 0 Å². The zero-order valence-electron chi connectivity index (χ0n) is 11.8. The fourth-order valence-corrected chi connectivity index (χ4v) is 4.37. The Labute approximate surface area is 115 Å². The standard InChI is InChI=1S/C13H26N6/c1-17-8-12-4-5-13(9-17)19(12)16-15-18-10-2-3-11(18)7-14-6-10/h10-16H,2-9H2,1H3. The van der Waals surface area contributed by atoms with Crippen LogP contribution in [0.25, 0.3) is 0 Å². The Morgan fingerprint density at radius 3 is 1.84 bits per heavy atom. The number of nitrogens with zero attached hydrogens (tertiary/aromatic N) is 3. The lowest BCUT2D eigenvalue weighted by Gasteiger charge is -2.42. The minimum atomic E-state index is 0.663. The van der Waals surface area contributed by atoms with Gasteiger partial charge in [-0.25, -0.2) is 10.0 Å². The molecular weight excluding hydrogens is 240 g/mol. The maximum absolute atomic E-state index is 3.53. The molecule has 0 aromatic heterocycles. The van der Waals surface area contributed by atoms with Crippen LogP contribution in [-0.2, 0) is 0 Å². The van der Waals surface area contributed by atoms with E-state index in [1.54, 1.807) is 0 Å². The number of hydrogen-bond donors (Lipinski definition) is 3. The third-order valence-electron chi connectivity index (χ3n) is 5.35. The molecule has 4 fully saturated rings. The van der Waals surface area contributed by atoms with Crippen molar-refractivity contribution in [3.63, 3.8) is 0 Å². The van der Waals surface area contributed by atoms with Crippen molar-refractivity contribution in [1.29, 1.82) is 0 Å². The number of hydrogen-bond acceptors (Lipinski definition) is 6. The van der Waals surface area contributed by atoms with Crippen LogP contribution in [0.5, 0.6) is 0 Å². The number of fused-ring (bicyclic) bond motifs is 4. The highest BCUT2D eigenvalue weighted by molar-refractivity contribution is 4.94. The van der Waals surface area contributed by atoms with Gasteiger partial charge in [0.15, 0.2) is 0 Å². The van der Waals surface area contributed by atoms with Crippen molar-refractivity contribution in [2.75, 3.05) is 33.2 Å². The second kappa shape index (κ2) is 4.95. The van der Waals surface area contributed by atoms with E-state index >= 15 is 0 Å². The van der Waals surface area contributed by atoms with Crippen LogP contribution in [-0.4, -0.2) is 72.3 Å². The van der Waals surface area contributed by atoms with E-state index in [4.69, 9.17) is 0 Å². The van der Waals surface area contributed by atoms with Gasteiger partial charge in [-0.3, -0.25) is 0 Å². The van der Waals surface area contributed by atoms with Gasteiger partial charge in [-0.2, -0.15) is 11.1 Å². The van der Waals surface area contributed by atoms with E-state index in [0.717, 1.165) is 13.1 Å². The van der Waals surface area contributed by atoms with Crippen LogP contribution >= 0.6 is 0 Å². The van der Waals surface area contributed by atoms with Gasteiger partial charge in [-0.1, -0.05) is 0 Å². The maximum Gasteiger partial charge on any atom is 0.0388 e. The number of rotatable bonds is 3. The number of hydrazine groups is 3. The summed E-state index contributed by atoms with van der Waals surface area (Å²) in [6.07, 6.45) is 5.31. The van der Waals surface area contributed by atoms with Gasteiger partial charge in [0.1, 0.15) is 0 Å². The number of piperazine rings is 2. The fraction of sp³-hybridized carbons (Fsp3) is 1.00. The second-order valence-corrected chi connectivity index (χ2v) is 6.69. The third-order valence-corrected chi connectivity index (χ3v) is 5.35. The minimum absolute atomic E-state index is 0.663. The van der Waals surface area contributed by atoms with E-state index in [-0.39, 0.29) is 0 Å². The zero-order valence-corrected chi connectivity index (χ0v) is 11.8. The molecule has 4 unspecified atom stereocenters. The van der Waals surface area contributed by atoms with Crippen LogP contribution in [0, 0.1) is 0 Å². The topological polar surface area (TPSA) is 45.8 Å². The predicted octanol–water partition coefficient (Wildman–Crippen LogP) is -0.875. The Kier molecular flexibility index (Phi) is 3.25. The molecule has 4 rings (SSSR count). The SMILES string of the molecule is CN1CC2CCC(C1)N2NNN1C2CCC1CNC2. The van der Waals surface area contributed by atoms with Gasteiger partial charge in [0.2, 0.25) is 0 Å². The molecule has 4 bridgehead atoms. The molecule has 4 aliphatic rings. The van der Waals surface area contributed by atoms with Gasteiger partial charge in [0.05, 0.1) is 0 Å². The molecule has 0 aromatic rings. The fourth-order valence-electron chi connectivity index (χ4n) is 4.37. The smallest absolute Gasteiger partial charge is 0.0388 e. The molecule has 0 radical (unpaired) electrons. The lowest BCUT2D eigenvalue weighted by atomic mass is 10.2. The highest BCUT2D eigenvalue weighted by atomic mass is 15.9. The van der Waals surface area contributed by atoms with Crippen LogP contribution in [0.4, 0.5) is 0 Å². The molecule has 4 atom stereocenters. The Morgan fingerprint density at radius 1 is 0.789 bits per heavy atom. The average molecular weight is 266 g/mol. The van der Waals surface area contributed by atoms with E-state index in [2.05, 4.69) is 38.4 Å². The highest BCUT2D eigenvalue weighted by Crippen LogP contribution is 2.28. The summed E-state index contributed by atoms with van der Waals surface area (Å²) >= 11 is 0. The molecule has 0 aliphatic carbocycles. The van der Waals surface area contributed by atoms with E-state index in [1.807, 2.05) is 0 Å². The molecule has 4 saturated heterocycles. The molecule has 0 spiro atoms. The number of likely N-dealkylation sites (tertiary alicyclic amines) is 1. The summed E-state index contributed by atoms with van der Waals surface area (Å²) in [5.41, 5.74) is 7.05. The molecule has 0 amide bonds. The Morgan fingerprint density at radius 2 is 1.26 bits per heavy atom. The summed E-state index contributed by atoms with van der Waals surface area (Å²) in [5.74, 6) is 0. The molecule has 4 aliphatic heterocycles. The molecule has 6 heteroatoms. The monoisotopic (exact) mass is 266 g/mol. The molecule has 3 N–H and O–H groups in total. The lowest BCUT2D eigenvalue weighted by Crippen LogP contribution is -2.67. The van der Waals surface area contributed by atoms with Crippen LogP contribution in [0.2, 0.25) is 0 Å². The first-order valence-corrected chi connectivity index (χ1v) is 7.78. The first-order chi connectivity index (χ1) is 9.31. The molecule has 108 valence electrons. The Balaban J connectivity index is 1.36. The molecular formula is C13H26N6. The third kappa shape index (κ3) is 2.20. The van der Waals surface area contributed by atoms with Crippen molar-refractivity contribution < 1.29 is 0 Å². The maximum atomic E-state index is 3.53. The summed E-state index contributed by atoms with van der Waals surface area (Å²) in [5, 5.41) is 8.45. The average Bonchev–Trinajstić information content (AvgIpc) is 2.77. The minimum Gasteiger partial charge on any atom is -0.314 e. The largest absolute Gasteiger partial charge is 0.314 e. The van der Waals surface area contributed by atoms with Gasteiger partial charge in [-0.15, -0.1) is 0 Å². The van der Waals surface area contributed by atoms with Gasteiger partial charge < -0.3 is 10.2 Å². The van der Waals surface area contributed by atoms with Crippen molar-refractivity contribution >= 4 is 0 Å². The van der Waals surface area contributed by atoms with Crippen molar-refractivity contribution in [3.05, 3.63) is 0 Å². The van der Waals surface area contributed by atoms with E-state index in [0.29, 0.717) is 24.2 Å². The summed E-state index contributed by atoms with van der Waals surface area (Å²) in [6.45, 7) is 4.64. The summed E-state index contributed by atoms with van der Waals surface area (Å²) in [7, 11) is 2.24. The van der Waals surface area contributed by atoms with Crippen molar-refractivity contribution in [2.45, 2.75) is 49.9 Å². The molecule has 0 aromatic carbocycles. The molecule has 19 heavy (non-hydrogen) atoms. The van der Waals surface area contributed by atoms with Crippen molar-refractivity contribution in [3.8, 4) is 0 Å². The van der Waals surface area contributed by atoms with Crippen LogP contribution in [0.15, 0.2) is 0 Å². The summed E-state index contributed by atoms with van der Waals surface area (Å²) in [4.78, 5) is 2.47. The quantitative estimate of drug-likeness (QED) is 0.577. The van der Waals surface area contributed by atoms with Gasteiger partial charge in [0, 0.05) is 50.3 Å². The van der Waals surface area contributed by atoms with Gasteiger partial charge in [-0.05, 0) is 32.7 Å². The first-order valence-electron chi connectivity index (χ1n) is 7.78. The Hall–Kier alpha value is -0.240. The van der Waals surface area contributed by atoms with Crippen LogP contribution in [0.1, 0.15) is 25.7 Å². The molecule has 4 heterocycles. The van der Waals surface area contributed by atoms with Crippen LogP contribution < -0.4 is 16.4 Å². The first kappa shape index (κ1) is 12.5. The van der Waals surface area contributed by atoms with Crippen molar-refractivity contribution in [1.82, 2.24) is 31.3 Å². The predicted molar refractivity (Wildman–Crippen MR) is 73.9 cm³/mol. The number of likely N-dealkylation sites (N-methyl/N-ethyl adjacent to an activating group) is 1. The number of nitrogens with one attached hydrogen (secondary N) is 3. The molecule has 6 nitrogen and oxygen atoms in total. The summed E-state index contributed by atoms with van der Waals surface area (Å²) < 4.78 is 0. The zero-order chi connectivity index (χ0) is 12.8. The second-order valence-electron chi connectivity index (χ2n) is 6.69. The Bertz CT molecular complexity index is 307. The highest BCUT2D eigenvalue weighted by Gasteiger charge is 2.41. The van der Waals surface area contributed by atoms with Crippen LogP contribution in [0.3, 0.4) is 0 Å². The van der Waals surface area contributed by atoms with E-state index in [9.17, 15) is 0 Å². The molecule has 0 saturated carbocycles. The van der Waals surface area contributed by atoms with Gasteiger partial charge in [0.25, 0.3) is 0 Å². The van der Waals surface area contributed by atoms with Crippen molar-refractivity contribution in [2.24, 2.45) is 0 Å². The van der Waals surface area contributed by atoms with E-state index < -0.39 is 0 Å².